The summed E-state index contributed by atoms with van der Waals surface area (Å²) in [6, 6.07) is 32.5. The molecule has 0 aliphatic carbocycles. The molecule has 3 N–H and O–H groups in total. The Morgan fingerprint density at radius 2 is 1.00 bits per heavy atom. The number of hydrogen-bond donors (Lipinski definition) is 3. The van der Waals surface area contributed by atoms with Gasteiger partial charge in [-0.15, -0.1) is 0 Å². The van der Waals surface area contributed by atoms with Crippen LogP contribution in [0.4, 0.5) is 28.6 Å². The molecule has 128 valence electrons. The van der Waals surface area contributed by atoms with Crippen molar-refractivity contribution in [2.45, 2.75) is 0 Å². The highest BCUT2D eigenvalue weighted by Gasteiger charge is 2.10. The standard InChI is InChI=1S/C22H20N4/c1-4-10-18(11-5-1)23-21-16-17-26(25-20-14-8-3-9-15-20)22(21)24-19-12-6-2-7-13-19/h1-17,23-25H. The van der Waals surface area contributed by atoms with Gasteiger partial charge in [-0.3, -0.25) is 5.43 Å². The fraction of sp³-hybridized carbons (Fsp3) is 0. The van der Waals surface area contributed by atoms with Crippen molar-refractivity contribution in [3.05, 3.63) is 103 Å². The third-order valence-corrected chi connectivity index (χ3v) is 4.00. The normalized spacial score (nSPS) is 10.3. The topological polar surface area (TPSA) is 41.0 Å². The van der Waals surface area contributed by atoms with Crippen LogP contribution >= 0.6 is 0 Å². The molecule has 1 heterocycles. The van der Waals surface area contributed by atoms with Crippen LogP contribution in [0, 0.1) is 0 Å². The summed E-state index contributed by atoms with van der Waals surface area (Å²) in [5, 5.41) is 6.98. The summed E-state index contributed by atoms with van der Waals surface area (Å²) < 4.78 is 1.98. The molecule has 26 heavy (non-hydrogen) atoms. The molecule has 0 aliphatic heterocycles. The van der Waals surface area contributed by atoms with E-state index in [1.165, 1.54) is 0 Å². The molecule has 4 nitrogen and oxygen atoms in total. The molecule has 1 aromatic heterocycles. The molecular weight excluding hydrogens is 320 g/mol. The third-order valence-electron chi connectivity index (χ3n) is 4.00. The van der Waals surface area contributed by atoms with Crippen LogP contribution in [0.3, 0.4) is 0 Å². The maximum atomic E-state index is 3.50. The first kappa shape index (κ1) is 15.8. The second-order valence-corrected chi connectivity index (χ2v) is 5.91. The average molecular weight is 340 g/mol. The van der Waals surface area contributed by atoms with Crippen molar-refractivity contribution in [3.8, 4) is 0 Å². The van der Waals surface area contributed by atoms with Gasteiger partial charge in [0.1, 0.15) is 0 Å². The summed E-state index contributed by atoms with van der Waals surface area (Å²) in [6.45, 7) is 0. The summed E-state index contributed by atoms with van der Waals surface area (Å²) >= 11 is 0. The highest BCUT2D eigenvalue weighted by atomic mass is 15.4. The van der Waals surface area contributed by atoms with Gasteiger partial charge in [-0.05, 0) is 42.5 Å². The van der Waals surface area contributed by atoms with Gasteiger partial charge < -0.3 is 10.6 Å². The lowest BCUT2D eigenvalue weighted by Crippen LogP contribution is -2.11. The van der Waals surface area contributed by atoms with Crippen molar-refractivity contribution < 1.29 is 0 Å². The summed E-state index contributed by atoms with van der Waals surface area (Å²) in [6.07, 6.45) is 2.00. The largest absolute Gasteiger partial charge is 0.352 e. The highest BCUT2D eigenvalue weighted by molar-refractivity contribution is 5.77. The van der Waals surface area contributed by atoms with E-state index in [0.29, 0.717) is 0 Å². The van der Waals surface area contributed by atoms with E-state index in [1.807, 2.05) is 108 Å². The van der Waals surface area contributed by atoms with E-state index in [9.17, 15) is 0 Å². The molecule has 0 bridgehead atoms. The number of para-hydroxylation sites is 3. The Morgan fingerprint density at radius 3 is 1.58 bits per heavy atom. The molecular formula is C22H20N4. The van der Waals surface area contributed by atoms with Crippen LogP contribution in [0.1, 0.15) is 0 Å². The lowest BCUT2D eigenvalue weighted by molar-refractivity contribution is 0.979. The Kier molecular flexibility index (Phi) is 4.56. The number of hydrogen-bond acceptors (Lipinski definition) is 3. The van der Waals surface area contributed by atoms with Gasteiger partial charge in [0.2, 0.25) is 0 Å². The fourth-order valence-electron chi connectivity index (χ4n) is 2.74. The van der Waals surface area contributed by atoms with Gasteiger partial charge in [-0.1, -0.05) is 54.6 Å². The van der Waals surface area contributed by atoms with Crippen molar-refractivity contribution in [2.75, 3.05) is 16.1 Å². The SMILES string of the molecule is c1ccc(Nc2ccn(Nc3ccccc3)c2Nc2ccccc2)cc1. The van der Waals surface area contributed by atoms with Crippen LogP contribution in [0.2, 0.25) is 0 Å². The molecule has 0 atom stereocenters. The maximum absolute atomic E-state index is 3.50. The smallest absolute Gasteiger partial charge is 0.153 e. The van der Waals surface area contributed by atoms with Gasteiger partial charge >= 0.3 is 0 Å². The first-order valence-corrected chi connectivity index (χ1v) is 8.56. The van der Waals surface area contributed by atoms with E-state index >= 15 is 0 Å². The Labute approximate surface area is 153 Å². The number of nitrogens with one attached hydrogen (secondary N) is 3. The molecule has 4 aromatic rings. The quantitative estimate of drug-likeness (QED) is 0.412. The Hall–Kier alpha value is -3.66. The van der Waals surface area contributed by atoms with Gasteiger partial charge in [0.05, 0.1) is 11.4 Å². The summed E-state index contributed by atoms with van der Waals surface area (Å²) in [7, 11) is 0. The third kappa shape index (κ3) is 3.70. The number of nitrogens with zero attached hydrogens (tertiary/aromatic N) is 1. The Balaban J connectivity index is 1.67. The molecule has 0 amide bonds. The Bertz CT molecular complexity index is 888. The molecule has 0 saturated heterocycles. The van der Waals surface area contributed by atoms with Crippen molar-refractivity contribution in [2.24, 2.45) is 0 Å². The van der Waals surface area contributed by atoms with Crippen LogP contribution in [-0.4, -0.2) is 4.68 Å². The van der Waals surface area contributed by atoms with E-state index in [2.05, 4.69) is 16.1 Å². The second kappa shape index (κ2) is 7.49. The zero-order valence-corrected chi connectivity index (χ0v) is 14.3. The van der Waals surface area contributed by atoms with E-state index in [-0.39, 0.29) is 0 Å². The number of benzene rings is 3. The predicted molar refractivity (Wildman–Crippen MR) is 109 cm³/mol. The van der Waals surface area contributed by atoms with Crippen molar-refractivity contribution >= 4 is 28.6 Å². The van der Waals surface area contributed by atoms with Gasteiger partial charge in [0.25, 0.3) is 0 Å². The zero-order valence-electron chi connectivity index (χ0n) is 14.3. The zero-order chi connectivity index (χ0) is 17.6. The summed E-state index contributed by atoms with van der Waals surface area (Å²) in [5.74, 6) is 0.934. The van der Waals surface area contributed by atoms with E-state index in [4.69, 9.17) is 0 Å². The van der Waals surface area contributed by atoms with E-state index < -0.39 is 0 Å². The highest BCUT2D eigenvalue weighted by Crippen LogP contribution is 2.30. The monoisotopic (exact) mass is 340 g/mol. The minimum Gasteiger partial charge on any atom is -0.352 e. The molecule has 0 aliphatic rings. The first-order chi connectivity index (χ1) is 12.9. The van der Waals surface area contributed by atoms with Gasteiger partial charge in [-0.2, -0.15) is 0 Å². The van der Waals surface area contributed by atoms with Crippen LogP contribution in [-0.2, 0) is 0 Å². The van der Waals surface area contributed by atoms with Crippen molar-refractivity contribution in [3.63, 3.8) is 0 Å². The lowest BCUT2D eigenvalue weighted by Gasteiger charge is -2.16. The molecule has 4 heteroatoms. The molecule has 4 rings (SSSR count). The van der Waals surface area contributed by atoms with E-state index in [0.717, 1.165) is 28.6 Å². The summed E-state index contributed by atoms with van der Waals surface area (Å²) in [4.78, 5) is 0. The van der Waals surface area contributed by atoms with E-state index in [1.54, 1.807) is 0 Å². The Morgan fingerprint density at radius 1 is 0.500 bits per heavy atom. The molecule has 0 fully saturated rings. The van der Waals surface area contributed by atoms with Crippen LogP contribution in [0.25, 0.3) is 0 Å². The van der Waals surface area contributed by atoms with Crippen molar-refractivity contribution in [1.29, 1.82) is 0 Å². The maximum Gasteiger partial charge on any atom is 0.153 e. The van der Waals surface area contributed by atoms with Crippen LogP contribution in [0.15, 0.2) is 103 Å². The second-order valence-electron chi connectivity index (χ2n) is 5.91. The average Bonchev–Trinajstić information content (AvgIpc) is 3.05. The molecule has 3 aromatic carbocycles. The first-order valence-electron chi connectivity index (χ1n) is 8.56. The molecule has 0 unspecified atom stereocenters. The molecule has 0 saturated carbocycles. The number of anilines is 5. The number of aromatic nitrogens is 1. The van der Waals surface area contributed by atoms with Crippen LogP contribution in [0.5, 0.6) is 0 Å². The fourth-order valence-corrected chi connectivity index (χ4v) is 2.74. The van der Waals surface area contributed by atoms with Gasteiger partial charge in [0, 0.05) is 17.6 Å². The van der Waals surface area contributed by atoms with Gasteiger partial charge in [0.15, 0.2) is 5.82 Å². The minimum absolute atomic E-state index is 0.934. The van der Waals surface area contributed by atoms with Crippen LogP contribution < -0.4 is 16.1 Å². The molecule has 0 spiro atoms. The predicted octanol–water partition coefficient (Wildman–Crippen LogP) is 5.85. The minimum atomic E-state index is 0.934. The van der Waals surface area contributed by atoms with Crippen molar-refractivity contribution in [1.82, 2.24) is 4.68 Å². The summed E-state index contributed by atoms with van der Waals surface area (Å²) in [5.41, 5.74) is 7.49. The molecule has 0 radical (unpaired) electrons. The lowest BCUT2D eigenvalue weighted by atomic mass is 10.3. The van der Waals surface area contributed by atoms with Gasteiger partial charge in [-0.25, -0.2) is 4.68 Å². The number of rotatable bonds is 6.